The summed E-state index contributed by atoms with van der Waals surface area (Å²) in [5.74, 6) is -0.848. The van der Waals surface area contributed by atoms with Crippen LogP contribution < -0.4 is 0 Å². The number of allylic oxidation sites excluding steroid dienone is 1. The van der Waals surface area contributed by atoms with Crippen molar-refractivity contribution in [2.75, 3.05) is 5.88 Å². The molecule has 0 heterocycles. The van der Waals surface area contributed by atoms with Gasteiger partial charge in [-0.3, -0.25) is 10.1 Å². The van der Waals surface area contributed by atoms with Crippen LogP contribution in [0.25, 0.3) is 6.08 Å². The van der Waals surface area contributed by atoms with Crippen LogP contribution in [0.1, 0.15) is 22.3 Å². The molecule has 0 saturated heterocycles. The Morgan fingerprint density at radius 1 is 1.53 bits per heavy atom. The Balaban J connectivity index is 3.10. The molecule has 0 radical (unpaired) electrons. The van der Waals surface area contributed by atoms with E-state index in [1.54, 1.807) is 12.2 Å². The van der Waals surface area contributed by atoms with Crippen molar-refractivity contribution in [2.45, 2.75) is 6.42 Å². The van der Waals surface area contributed by atoms with Gasteiger partial charge in [0.1, 0.15) is 5.56 Å². The zero-order chi connectivity index (χ0) is 12.8. The number of nitro benzene ring substituents is 1. The highest BCUT2D eigenvalue weighted by atomic mass is 35.5. The van der Waals surface area contributed by atoms with Gasteiger partial charge in [-0.25, -0.2) is 4.79 Å². The maximum atomic E-state index is 10.9. The monoisotopic (exact) mass is 255 g/mol. The van der Waals surface area contributed by atoms with Gasteiger partial charge in [-0.1, -0.05) is 12.2 Å². The molecule has 0 bridgehead atoms. The lowest BCUT2D eigenvalue weighted by molar-refractivity contribution is -0.385. The molecule has 0 saturated carbocycles. The molecule has 0 atom stereocenters. The van der Waals surface area contributed by atoms with Crippen LogP contribution in [-0.4, -0.2) is 21.9 Å². The number of aromatic carboxylic acids is 1. The quantitative estimate of drug-likeness (QED) is 0.498. The van der Waals surface area contributed by atoms with Gasteiger partial charge in [-0.05, 0) is 24.1 Å². The van der Waals surface area contributed by atoms with Crippen molar-refractivity contribution in [3.05, 3.63) is 45.5 Å². The number of carboxylic acids is 1. The van der Waals surface area contributed by atoms with E-state index < -0.39 is 16.6 Å². The van der Waals surface area contributed by atoms with E-state index in [-0.39, 0.29) is 5.56 Å². The van der Waals surface area contributed by atoms with E-state index in [9.17, 15) is 14.9 Å². The molecule has 90 valence electrons. The van der Waals surface area contributed by atoms with Crippen LogP contribution in [-0.2, 0) is 0 Å². The van der Waals surface area contributed by atoms with Crippen LogP contribution >= 0.6 is 11.6 Å². The van der Waals surface area contributed by atoms with Gasteiger partial charge >= 0.3 is 5.97 Å². The molecule has 5 nitrogen and oxygen atoms in total. The van der Waals surface area contributed by atoms with E-state index >= 15 is 0 Å². The molecule has 17 heavy (non-hydrogen) atoms. The fourth-order valence-electron chi connectivity index (χ4n) is 1.27. The summed E-state index contributed by atoms with van der Waals surface area (Å²) < 4.78 is 0. The zero-order valence-corrected chi connectivity index (χ0v) is 9.55. The highest BCUT2D eigenvalue weighted by molar-refractivity contribution is 6.17. The molecule has 0 aliphatic carbocycles. The Labute approximate surface area is 102 Å². The van der Waals surface area contributed by atoms with Gasteiger partial charge in [0, 0.05) is 11.9 Å². The van der Waals surface area contributed by atoms with Crippen LogP contribution in [0.15, 0.2) is 24.3 Å². The van der Waals surface area contributed by atoms with Crippen molar-refractivity contribution < 1.29 is 14.8 Å². The first-order chi connectivity index (χ1) is 8.06. The first-order valence-electron chi connectivity index (χ1n) is 4.80. The molecule has 1 N–H and O–H groups in total. The largest absolute Gasteiger partial charge is 0.477 e. The Hall–Kier alpha value is -1.88. The zero-order valence-electron chi connectivity index (χ0n) is 8.80. The van der Waals surface area contributed by atoms with Gasteiger partial charge in [-0.15, -0.1) is 11.6 Å². The number of hydrogen-bond donors (Lipinski definition) is 1. The van der Waals surface area contributed by atoms with Crippen LogP contribution in [0.5, 0.6) is 0 Å². The van der Waals surface area contributed by atoms with Crippen molar-refractivity contribution in [1.82, 2.24) is 0 Å². The van der Waals surface area contributed by atoms with Crippen molar-refractivity contribution in [3.8, 4) is 0 Å². The molecule has 1 rings (SSSR count). The second kappa shape index (κ2) is 6.00. The normalized spacial score (nSPS) is 10.6. The number of hydrogen-bond acceptors (Lipinski definition) is 3. The van der Waals surface area contributed by atoms with Crippen molar-refractivity contribution in [3.63, 3.8) is 0 Å². The molecular weight excluding hydrogens is 246 g/mol. The number of nitro groups is 1. The molecule has 0 aromatic heterocycles. The predicted molar refractivity (Wildman–Crippen MR) is 64.4 cm³/mol. The molecule has 0 fully saturated rings. The number of carboxylic acid groups (broad SMARTS) is 1. The average molecular weight is 256 g/mol. The SMILES string of the molecule is O=C(O)c1cc(C=CCCCl)ccc1[N+](=O)[O-]. The summed E-state index contributed by atoms with van der Waals surface area (Å²) in [6.07, 6.45) is 4.11. The van der Waals surface area contributed by atoms with Crippen molar-refractivity contribution >= 4 is 29.3 Å². The Kier molecular flexibility index (Phi) is 4.66. The molecule has 0 spiro atoms. The molecule has 0 amide bonds. The predicted octanol–water partition coefficient (Wildman–Crippen LogP) is 2.94. The summed E-state index contributed by atoms with van der Waals surface area (Å²) in [4.78, 5) is 20.8. The van der Waals surface area contributed by atoms with Gasteiger partial charge in [0.15, 0.2) is 0 Å². The summed E-state index contributed by atoms with van der Waals surface area (Å²) in [5.41, 5.74) is -0.131. The lowest BCUT2D eigenvalue weighted by atomic mass is 10.1. The van der Waals surface area contributed by atoms with Gasteiger partial charge in [0.25, 0.3) is 5.69 Å². The van der Waals surface area contributed by atoms with Gasteiger partial charge in [0.2, 0.25) is 0 Å². The first kappa shape index (κ1) is 13.2. The maximum Gasteiger partial charge on any atom is 0.342 e. The molecule has 1 aromatic carbocycles. The molecule has 0 aliphatic heterocycles. The average Bonchev–Trinajstić information content (AvgIpc) is 2.29. The third-order valence-electron chi connectivity index (χ3n) is 2.03. The Bertz CT molecular complexity index is 471. The number of benzene rings is 1. The smallest absolute Gasteiger partial charge is 0.342 e. The molecule has 6 heteroatoms. The summed E-state index contributed by atoms with van der Waals surface area (Å²) in [7, 11) is 0. The van der Waals surface area contributed by atoms with E-state index in [0.29, 0.717) is 17.9 Å². The maximum absolute atomic E-state index is 10.9. The number of rotatable bonds is 5. The minimum atomic E-state index is -1.32. The minimum absolute atomic E-state index is 0.317. The van der Waals surface area contributed by atoms with E-state index in [2.05, 4.69) is 0 Å². The highest BCUT2D eigenvalue weighted by Gasteiger charge is 2.19. The first-order valence-corrected chi connectivity index (χ1v) is 5.34. The van der Waals surface area contributed by atoms with E-state index in [1.807, 2.05) is 0 Å². The van der Waals surface area contributed by atoms with Crippen molar-refractivity contribution in [1.29, 1.82) is 0 Å². The van der Waals surface area contributed by atoms with Gasteiger partial charge in [0.05, 0.1) is 4.92 Å². The Morgan fingerprint density at radius 3 is 2.76 bits per heavy atom. The summed E-state index contributed by atoms with van der Waals surface area (Å²) in [6.45, 7) is 0. The number of alkyl halides is 1. The Morgan fingerprint density at radius 2 is 2.24 bits per heavy atom. The van der Waals surface area contributed by atoms with E-state index in [0.717, 1.165) is 0 Å². The molecule has 1 aromatic rings. The highest BCUT2D eigenvalue weighted by Crippen LogP contribution is 2.20. The number of carbonyl (C=O) groups is 1. The lowest BCUT2D eigenvalue weighted by Gasteiger charge is -1.99. The minimum Gasteiger partial charge on any atom is -0.477 e. The third-order valence-corrected chi connectivity index (χ3v) is 2.25. The molecular formula is C11H10ClNO4. The summed E-state index contributed by atoms with van der Waals surface area (Å²) in [5, 5.41) is 19.5. The van der Waals surface area contributed by atoms with Gasteiger partial charge in [-0.2, -0.15) is 0 Å². The van der Waals surface area contributed by atoms with Crippen LogP contribution in [0.2, 0.25) is 0 Å². The fourth-order valence-corrected chi connectivity index (χ4v) is 1.40. The third kappa shape index (κ3) is 3.57. The standard InChI is InChI=1S/C11H10ClNO4/c12-6-2-1-3-8-4-5-10(13(16)17)9(7-8)11(14)15/h1,3-5,7H,2,6H2,(H,14,15). The van der Waals surface area contributed by atoms with E-state index in [4.69, 9.17) is 16.7 Å². The van der Waals surface area contributed by atoms with Crippen LogP contribution in [0.3, 0.4) is 0 Å². The molecule has 0 unspecified atom stereocenters. The summed E-state index contributed by atoms with van der Waals surface area (Å²) in [6, 6.07) is 3.95. The topological polar surface area (TPSA) is 80.4 Å². The van der Waals surface area contributed by atoms with Gasteiger partial charge < -0.3 is 5.11 Å². The second-order valence-corrected chi connectivity index (χ2v) is 3.60. The van der Waals surface area contributed by atoms with Crippen molar-refractivity contribution in [2.24, 2.45) is 0 Å². The number of halogens is 1. The summed E-state index contributed by atoms with van der Waals surface area (Å²) >= 11 is 5.48. The van der Waals surface area contributed by atoms with Crippen LogP contribution in [0, 0.1) is 10.1 Å². The van der Waals surface area contributed by atoms with Crippen LogP contribution in [0.4, 0.5) is 5.69 Å². The van der Waals surface area contributed by atoms with E-state index in [1.165, 1.54) is 18.2 Å². The number of nitrogens with zero attached hydrogens (tertiary/aromatic N) is 1. The lowest BCUT2D eigenvalue weighted by Crippen LogP contribution is -2.02. The second-order valence-electron chi connectivity index (χ2n) is 3.22. The molecule has 0 aliphatic rings. The fraction of sp³-hybridized carbons (Fsp3) is 0.182.